The molecule has 0 unspecified atom stereocenters. The lowest BCUT2D eigenvalue weighted by atomic mass is 10.1. The zero-order valence-corrected chi connectivity index (χ0v) is 13.7. The van der Waals surface area contributed by atoms with Crippen molar-refractivity contribution in [1.82, 2.24) is 5.01 Å². The van der Waals surface area contributed by atoms with Crippen LogP contribution in [-0.4, -0.2) is 48.9 Å². The molecule has 1 fully saturated rings. The van der Waals surface area contributed by atoms with Gasteiger partial charge in [0, 0.05) is 32.2 Å². The molecule has 7 heteroatoms. The number of nitrogens with zero attached hydrogens (tertiary/aromatic N) is 2. The van der Waals surface area contributed by atoms with Crippen molar-refractivity contribution in [3.05, 3.63) is 24.3 Å². The second-order valence-electron chi connectivity index (χ2n) is 5.89. The lowest BCUT2D eigenvalue weighted by molar-refractivity contribution is -0.130. The van der Waals surface area contributed by atoms with Crippen molar-refractivity contribution in [3.63, 3.8) is 0 Å². The quantitative estimate of drug-likeness (QED) is 0.892. The van der Waals surface area contributed by atoms with E-state index in [2.05, 4.69) is 10.4 Å². The third-order valence-corrected chi connectivity index (χ3v) is 4.04. The van der Waals surface area contributed by atoms with Gasteiger partial charge in [0.25, 0.3) is 5.91 Å². The molecule has 0 aliphatic carbocycles. The van der Waals surface area contributed by atoms with E-state index in [0.717, 1.165) is 25.2 Å². The maximum absolute atomic E-state index is 12.2. The smallest absolute Gasteiger partial charge is 0.271 e. The molecule has 1 aromatic rings. The highest BCUT2D eigenvalue weighted by atomic mass is 16.5. The van der Waals surface area contributed by atoms with E-state index in [1.165, 1.54) is 5.01 Å². The van der Waals surface area contributed by atoms with E-state index in [1.54, 1.807) is 19.2 Å². The Balaban J connectivity index is 1.53. The number of carbonyl (C=O) groups excluding carboxylic acids is 2. The van der Waals surface area contributed by atoms with Gasteiger partial charge in [0.05, 0.1) is 6.10 Å². The van der Waals surface area contributed by atoms with Crippen molar-refractivity contribution in [3.8, 4) is 5.75 Å². The summed E-state index contributed by atoms with van der Waals surface area (Å²) in [4.78, 5) is 23.6. The van der Waals surface area contributed by atoms with Crippen LogP contribution in [0.3, 0.4) is 0 Å². The van der Waals surface area contributed by atoms with Gasteiger partial charge in [0.1, 0.15) is 18.1 Å². The van der Waals surface area contributed by atoms with E-state index < -0.39 is 0 Å². The van der Waals surface area contributed by atoms with Crippen LogP contribution >= 0.6 is 0 Å². The molecule has 0 aromatic heterocycles. The van der Waals surface area contributed by atoms with Crippen LogP contribution in [0.2, 0.25) is 0 Å². The van der Waals surface area contributed by atoms with Gasteiger partial charge < -0.3 is 14.8 Å². The molecule has 2 heterocycles. The van der Waals surface area contributed by atoms with E-state index in [-0.39, 0.29) is 17.9 Å². The summed E-state index contributed by atoms with van der Waals surface area (Å²) in [7, 11) is 1.55. The van der Waals surface area contributed by atoms with Crippen molar-refractivity contribution in [1.29, 1.82) is 0 Å². The number of amides is 2. The molecule has 2 aliphatic rings. The average molecular weight is 331 g/mol. The fraction of sp³-hybridized carbons (Fsp3) is 0.471. The molecule has 1 N–H and O–H groups in total. The van der Waals surface area contributed by atoms with Gasteiger partial charge >= 0.3 is 0 Å². The molecule has 1 aromatic carbocycles. The highest BCUT2D eigenvalue weighted by Crippen LogP contribution is 2.19. The molecule has 2 aliphatic heterocycles. The number of hydrogen-bond donors (Lipinski definition) is 1. The highest BCUT2D eigenvalue weighted by Gasteiger charge is 2.22. The molecule has 0 saturated carbocycles. The minimum absolute atomic E-state index is 0.0840. The summed E-state index contributed by atoms with van der Waals surface area (Å²) in [6, 6.07) is 7.17. The van der Waals surface area contributed by atoms with E-state index in [4.69, 9.17) is 9.47 Å². The Hall–Kier alpha value is -2.41. The van der Waals surface area contributed by atoms with E-state index in [9.17, 15) is 9.59 Å². The van der Waals surface area contributed by atoms with E-state index >= 15 is 0 Å². The summed E-state index contributed by atoms with van der Waals surface area (Å²) < 4.78 is 11.2. The van der Waals surface area contributed by atoms with Gasteiger partial charge in [0.15, 0.2) is 0 Å². The predicted octanol–water partition coefficient (Wildman–Crippen LogP) is 1.79. The number of anilines is 1. The lowest BCUT2D eigenvalue weighted by Gasteiger charge is -2.19. The monoisotopic (exact) mass is 331 g/mol. The topological polar surface area (TPSA) is 80.2 Å². The number of benzene rings is 1. The Bertz CT molecular complexity index is 636. The summed E-state index contributed by atoms with van der Waals surface area (Å²) in [5, 5.41) is 7.99. The van der Waals surface area contributed by atoms with Gasteiger partial charge in [-0.25, -0.2) is 5.01 Å². The van der Waals surface area contributed by atoms with Gasteiger partial charge in [-0.2, -0.15) is 5.10 Å². The molecule has 24 heavy (non-hydrogen) atoms. The first-order valence-electron chi connectivity index (χ1n) is 8.11. The second-order valence-corrected chi connectivity index (χ2v) is 5.89. The molecule has 1 atom stereocenters. The van der Waals surface area contributed by atoms with Crippen LogP contribution in [-0.2, 0) is 14.3 Å². The van der Waals surface area contributed by atoms with E-state index in [1.807, 2.05) is 12.1 Å². The maximum Gasteiger partial charge on any atom is 0.271 e. The fourth-order valence-corrected chi connectivity index (χ4v) is 2.64. The van der Waals surface area contributed by atoms with Crippen LogP contribution < -0.4 is 10.1 Å². The molecule has 1 saturated heterocycles. The molecular formula is C17H21N3O4. The zero-order chi connectivity index (χ0) is 16.9. The number of carbonyl (C=O) groups is 2. The van der Waals surface area contributed by atoms with Gasteiger partial charge in [-0.3, -0.25) is 9.59 Å². The number of hydrazone groups is 1. The summed E-state index contributed by atoms with van der Waals surface area (Å²) in [5.41, 5.74) is 1.02. The third-order valence-electron chi connectivity index (χ3n) is 4.04. The standard InChI is InChI=1S/C17H21N3O4/c1-20-16(21)9-8-15(19-20)17(22)18-12-4-6-13(7-5-12)24-11-14-3-2-10-23-14/h4-7,14H,2-3,8-11H2,1H3,(H,18,22)/t14-/m0/s1. The first kappa shape index (κ1) is 16.4. The van der Waals surface area contributed by atoms with Crippen LogP contribution in [0.15, 0.2) is 29.4 Å². The second kappa shape index (κ2) is 7.44. The number of rotatable bonds is 5. The van der Waals surface area contributed by atoms with E-state index in [0.29, 0.717) is 30.8 Å². The minimum Gasteiger partial charge on any atom is -0.491 e. The highest BCUT2D eigenvalue weighted by molar-refractivity contribution is 6.43. The van der Waals surface area contributed by atoms with Gasteiger partial charge in [-0.15, -0.1) is 0 Å². The van der Waals surface area contributed by atoms with Crippen molar-refractivity contribution in [2.24, 2.45) is 5.10 Å². The molecule has 0 radical (unpaired) electrons. The largest absolute Gasteiger partial charge is 0.491 e. The lowest BCUT2D eigenvalue weighted by Crippen LogP contribution is -2.34. The Kier molecular flexibility index (Phi) is 5.10. The van der Waals surface area contributed by atoms with Crippen molar-refractivity contribution >= 4 is 23.2 Å². The van der Waals surface area contributed by atoms with Crippen molar-refractivity contribution in [2.75, 3.05) is 25.6 Å². The Morgan fingerprint density at radius 1 is 1.38 bits per heavy atom. The number of hydrogen-bond acceptors (Lipinski definition) is 5. The molecular weight excluding hydrogens is 310 g/mol. The fourth-order valence-electron chi connectivity index (χ4n) is 2.64. The molecule has 3 rings (SSSR count). The third kappa shape index (κ3) is 4.11. The Morgan fingerprint density at radius 3 is 2.83 bits per heavy atom. The number of nitrogens with one attached hydrogen (secondary N) is 1. The van der Waals surface area contributed by atoms with Crippen LogP contribution in [0, 0.1) is 0 Å². The van der Waals surface area contributed by atoms with Crippen LogP contribution in [0.25, 0.3) is 0 Å². The van der Waals surface area contributed by atoms with Crippen molar-refractivity contribution < 1.29 is 19.1 Å². The van der Waals surface area contributed by atoms with Crippen LogP contribution in [0.5, 0.6) is 5.75 Å². The first-order valence-corrected chi connectivity index (χ1v) is 8.11. The SMILES string of the molecule is CN1N=C(C(=O)Nc2ccc(OC[C@@H]3CCCO3)cc2)CCC1=O. The Morgan fingerprint density at radius 2 is 2.17 bits per heavy atom. The summed E-state index contributed by atoms with van der Waals surface area (Å²) >= 11 is 0. The van der Waals surface area contributed by atoms with Crippen molar-refractivity contribution in [2.45, 2.75) is 31.8 Å². The molecule has 128 valence electrons. The van der Waals surface area contributed by atoms with Gasteiger partial charge in [0.2, 0.25) is 5.91 Å². The van der Waals surface area contributed by atoms with Gasteiger partial charge in [-0.05, 0) is 37.1 Å². The first-order chi connectivity index (χ1) is 11.6. The molecule has 0 spiro atoms. The van der Waals surface area contributed by atoms with Crippen LogP contribution in [0.1, 0.15) is 25.7 Å². The average Bonchev–Trinajstić information content (AvgIpc) is 3.10. The summed E-state index contributed by atoms with van der Waals surface area (Å²) in [5.74, 6) is 0.366. The predicted molar refractivity (Wildman–Crippen MR) is 89.0 cm³/mol. The van der Waals surface area contributed by atoms with Gasteiger partial charge in [-0.1, -0.05) is 0 Å². The minimum atomic E-state index is -0.289. The zero-order valence-electron chi connectivity index (χ0n) is 13.7. The number of ether oxygens (including phenoxy) is 2. The maximum atomic E-state index is 12.2. The molecule has 2 amide bonds. The van der Waals surface area contributed by atoms with Crippen LogP contribution in [0.4, 0.5) is 5.69 Å². The normalized spacial score (nSPS) is 20.7. The molecule has 7 nitrogen and oxygen atoms in total. The Labute approximate surface area is 140 Å². The molecule has 0 bridgehead atoms. The summed E-state index contributed by atoms with van der Waals surface area (Å²) in [6.07, 6.45) is 2.96. The summed E-state index contributed by atoms with van der Waals surface area (Å²) in [6.45, 7) is 1.35.